The van der Waals surface area contributed by atoms with Crippen molar-refractivity contribution < 1.29 is 22.3 Å². The van der Waals surface area contributed by atoms with Gasteiger partial charge >= 0.3 is 0 Å². The number of pyridine rings is 1. The molecule has 0 spiro atoms. The lowest BCUT2D eigenvalue weighted by Crippen LogP contribution is -2.42. The van der Waals surface area contributed by atoms with E-state index in [0.29, 0.717) is 53.0 Å². The zero-order valence-electron chi connectivity index (χ0n) is 18.9. The van der Waals surface area contributed by atoms with Crippen LogP contribution in [-0.2, 0) is 15.8 Å². The molecule has 2 unspecified atom stereocenters. The monoisotopic (exact) mass is 483 g/mol. The largest absolute Gasteiger partial charge is 0.388 e. The van der Waals surface area contributed by atoms with Crippen molar-refractivity contribution in [3.05, 3.63) is 28.2 Å². The molecule has 2 aromatic rings. The maximum absolute atomic E-state index is 14.2. The number of nitrogens with one attached hydrogen (secondary N) is 1. The van der Waals surface area contributed by atoms with Gasteiger partial charge in [-0.3, -0.25) is 9.36 Å². The highest BCUT2D eigenvalue weighted by Crippen LogP contribution is 2.40. The summed E-state index contributed by atoms with van der Waals surface area (Å²) < 4.78 is 54.5. The molecule has 3 heterocycles. The first-order valence-corrected chi connectivity index (χ1v) is 12.9. The van der Waals surface area contributed by atoms with E-state index in [0.717, 1.165) is 6.07 Å². The maximum atomic E-state index is 14.2. The molecule has 33 heavy (non-hydrogen) atoms. The number of nitrogens with zero attached hydrogens (tertiary/aromatic N) is 4. The normalized spacial score (nSPS) is 25.5. The topological polar surface area (TPSA) is 117 Å². The van der Waals surface area contributed by atoms with Crippen LogP contribution < -0.4 is 10.9 Å². The van der Waals surface area contributed by atoms with Crippen molar-refractivity contribution in [1.82, 2.24) is 18.8 Å². The number of fused-ring (bicyclic) bond motifs is 1. The number of hydrogen-bond acceptors (Lipinski definition) is 7. The van der Waals surface area contributed by atoms with Crippen molar-refractivity contribution in [2.45, 2.75) is 62.5 Å². The Morgan fingerprint density at radius 3 is 2.52 bits per heavy atom. The van der Waals surface area contributed by atoms with E-state index in [1.165, 1.54) is 21.3 Å². The number of piperidine rings is 1. The Labute approximate surface area is 191 Å². The second kappa shape index (κ2) is 8.28. The average Bonchev–Trinajstić information content (AvgIpc) is 3.05. The molecule has 2 atom stereocenters. The summed E-state index contributed by atoms with van der Waals surface area (Å²) in [4.78, 5) is 21.9. The lowest BCUT2D eigenvalue weighted by Gasteiger charge is -2.31. The highest BCUT2D eigenvalue weighted by atomic mass is 32.2. The highest BCUT2D eigenvalue weighted by Gasteiger charge is 2.41. The van der Waals surface area contributed by atoms with Crippen molar-refractivity contribution in [2.75, 3.05) is 24.7 Å². The molecule has 2 N–H and O–H groups in total. The van der Waals surface area contributed by atoms with E-state index in [2.05, 4.69) is 15.3 Å². The second-order valence-electron chi connectivity index (χ2n) is 9.44. The van der Waals surface area contributed by atoms with Crippen LogP contribution in [0.25, 0.3) is 11.0 Å². The van der Waals surface area contributed by atoms with Gasteiger partial charge in [0.15, 0.2) is 7.85 Å². The molecule has 0 aromatic carbocycles. The van der Waals surface area contributed by atoms with E-state index in [1.807, 2.05) is 0 Å². The first-order valence-electron chi connectivity index (χ1n) is 11.0. The zero-order chi connectivity index (χ0) is 24.2. The van der Waals surface area contributed by atoms with Gasteiger partial charge < -0.3 is 10.4 Å². The fourth-order valence-electron chi connectivity index (χ4n) is 4.85. The molecule has 2 aliphatic rings. The number of sulfonamides is 1. The third-order valence-electron chi connectivity index (χ3n) is 6.69. The molecule has 0 radical (unpaired) electrons. The van der Waals surface area contributed by atoms with Crippen molar-refractivity contribution in [3.63, 3.8) is 0 Å². The van der Waals surface area contributed by atoms with Crippen LogP contribution in [0, 0.1) is 0 Å². The maximum Gasteiger partial charge on any atom is 0.260 e. The first-order chi connectivity index (χ1) is 15.3. The molecule has 1 saturated heterocycles. The SMILES string of the molecule is BC(F)(F)c1cc2cnc(NC3CCN(S(C)(=O)=O)CC3)nc2n(C2CCCC2(C)O)c1=O. The molecule has 9 nitrogen and oxygen atoms in total. The Kier molecular flexibility index (Phi) is 6.03. The summed E-state index contributed by atoms with van der Waals surface area (Å²) >= 11 is 0. The number of rotatable bonds is 5. The van der Waals surface area contributed by atoms with E-state index in [-0.39, 0.29) is 23.0 Å². The van der Waals surface area contributed by atoms with Crippen LogP contribution in [0.2, 0.25) is 0 Å². The lowest BCUT2D eigenvalue weighted by molar-refractivity contribution is 0.0256. The number of aromatic nitrogens is 3. The Hall–Kier alpha value is -2.12. The minimum Gasteiger partial charge on any atom is -0.388 e. The standard InChI is InChI=1S/C20H28BF2N5O4S/c1-19(30)7-3-4-15(19)28-16-12(10-14(17(28)29)20(21,22)23)11-24-18(26-16)25-13-5-8-27(9-6-13)33(2,31)32/h10-11,13,15,30H,3-9,21H2,1-2H3,(H,24,25,26). The molecule has 2 fully saturated rings. The Morgan fingerprint density at radius 1 is 1.30 bits per heavy atom. The molecular weight excluding hydrogens is 455 g/mol. The number of anilines is 1. The molecule has 4 rings (SSSR count). The Bertz CT molecular complexity index is 1220. The summed E-state index contributed by atoms with van der Waals surface area (Å²) in [7, 11) is -2.57. The fourth-order valence-corrected chi connectivity index (χ4v) is 5.72. The van der Waals surface area contributed by atoms with Gasteiger partial charge in [-0.05, 0) is 45.1 Å². The fraction of sp³-hybridized carbons (Fsp3) is 0.650. The molecule has 1 aliphatic heterocycles. The highest BCUT2D eigenvalue weighted by molar-refractivity contribution is 7.88. The molecule has 1 saturated carbocycles. The number of aliphatic hydroxyl groups is 1. The summed E-state index contributed by atoms with van der Waals surface area (Å²) in [6.45, 7) is 2.35. The summed E-state index contributed by atoms with van der Waals surface area (Å²) in [6.07, 6.45) is 5.27. The van der Waals surface area contributed by atoms with Gasteiger partial charge in [-0.1, -0.05) is 0 Å². The minimum atomic E-state index is -3.36. The number of halogens is 2. The number of hydrogen-bond donors (Lipinski definition) is 2. The molecule has 0 bridgehead atoms. The Balaban J connectivity index is 1.73. The van der Waals surface area contributed by atoms with Gasteiger partial charge in [0.1, 0.15) is 5.65 Å². The molecule has 2 aromatic heterocycles. The van der Waals surface area contributed by atoms with Crippen molar-refractivity contribution >= 4 is 34.9 Å². The first kappa shape index (κ1) is 24.0. The van der Waals surface area contributed by atoms with Crippen molar-refractivity contribution in [3.8, 4) is 0 Å². The van der Waals surface area contributed by atoms with E-state index in [9.17, 15) is 27.1 Å². The van der Waals surface area contributed by atoms with Crippen LogP contribution in [0.1, 0.15) is 50.6 Å². The van der Waals surface area contributed by atoms with Crippen LogP contribution in [0.3, 0.4) is 0 Å². The van der Waals surface area contributed by atoms with E-state index in [1.54, 1.807) is 6.92 Å². The molecule has 13 heteroatoms. The van der Waals surface area contributed by atoms with Crippen LogP contribution in [-0.4, -0.2) is 71.2 Å². The van der Waals surface area contributed by atoms with Gasteiger partial charge in [0.2, 0.25) is 21.8 Å². The molecule has 1 aliphatic carbocycles. The third kappa shape index (κ3) is 4.76. The van der Waals surface area contributed by atoms with Gasteiger partial charge in [-0.25, -0.2) is 26.5 Å². The predicted octanol–water partition coefficient (Wildman–Crippen LogP) is 0.786. The number of alkyl halides is 2. The van der Waals surface area contributed by atoms with Gasteiger partial charge in [-0.2, -0.15) is 4.98 Å². The molecule has 0 amide bonds. The van der Waals surface area contributed by atoms with E-state index >= 15 is 0 Å². The van der Waals surface area contributed by atoms with Gasteiger partial charge in [0, 0.05) is 30.7 Å². The quantitative estimate of drug-likeness (QED) is 0.604. The zero-order valence-corrected chi connectivity index (χ0v) is 19.7. The summed E-state index contributed by atoms with van der Waals surface area (Å²) in [5, 5.41) is 14.3. The lowest BCUT2D eigenvalue weighted by atomic mass is 9.90. The summed E-state index contributed by atoms with van der Waals surface area (Å²) in [5.41, 5.74) is -2.57. The van der Waals surface area contributed by atoms with Crippen molar-refractivity contribution in [1.29, 1.82) is 0 Å². The second-order valence-corrected chi connectivity index (χ2v) is 11.4. The average molecular weight is 483 g/mol. The Morgan fingerprint density at radius 2 is 1.97 bits per heavy atom. The van der Waals surface area contributed by atoms with E-state index in [4.69, 9.17) is 0 Å². The van der Waals surface area contributed by atoms with Crippen LogP contribution in [0.5, 0.6) is 0 Å². The third-order valence-corrected chi connectivity index (χ3v) is 8.00. The van der Waals surface area contributed by atoms with Gasteiger partial charge in [0.05, 0.1) is 23.5 Å². The molecular formula is C20H28BF2N5O4S. The van der Waals surface area contributed by atoms with Crippen LogP contribution in [0.15, 0.2) is 17.1 Å². The smallest absolute Gasteiger partial charge is 0.260 e. The van der Waals surface area contributed by atoms with Crippen LogP contribution in [0.4, 0.5) is 14.7 Å². The van der Waals surface area contributed by atoms with Gasteiger partial charge in [0.25, 0.3) is 5.56 Å². The van der Waals surface area contributed by atoms with Crippen LogP contribution >= 0.6 is 0 Å². The minimum absolute atomic E-state index is 0.0746. The predicted molar refractivity (Wildman–Crippen MR) is 123 cm³/mol. The summed E-state index contributed by atoms with van der Waals surface area (Å²) in [5.74, 6) is -3.13. The summed E-state index contributed by atoms with van der Waals surface area (Å²) in [6, 6.07) is 0.358. The molecule has 180 valence electrons. The van der Waals surface area contributed by atoms with E-state index < -0.39 is 38.6 Å². The van der Waals surface area contributed by atoms with Crippen molar-refractivity contribution in [2.24, 2.45) is 0 Å². The van der Waals surface area contributed by atoms with Gasteiger partial charge in [-0.15, -0.1) is 0 Å².